The second-order valence-electron chi connectivity index (χ2n) is 7.91. The Balaban J connectivity index is 1.37. The molecule has 0 atom stereocenters. The molecule has 1 aromatic heterocycles. The minimum atomic E-state index is -0.694. The number of nitrogens with zero attached hydrogens (tertiary/aromatic N) is 4. The standard InChI is InChI=1S/C24H23FN4O2/c25-22-13-9-17(10-14-22)3-1-4-18-5-2-6-21(15-18)23-26-28-29(27-23)16-19-7-11-20(12-8-19)24(30)31/h2,5-6,9-10,13-15,19-20H,3,7-8,11-12,16H2,(H,30,31). The number of tetrazole rings is 1. The zero-order chi connectivity index (χ0) is 21.6. The minimum Gasteiger partial charge on any atom is -0.481 e. The van der Waals surface area contributed by atoms with E-state index in [4.69, 9.17) is 5.11 Å². The molecule has 0 saturated heterocycles. The summed E-state index contributed by atoms with van der Waals surface area (Å²) in [5.41, 5.74) is 2.66. The van der Waals surface area contributed by atoms with Crippen LogP contribution < -0.4 is 0 Å². The van der Waals surface area contributed by atoms with Crippen LogP contribution in [-0.2, 0) is 17.8 Å². The van der Waals surface area contributed by atoms with Crippen LogP contribution in [0.15, 0.2) is 48.5 Å². The monoisotopic (exact) mass is 418 g/mol. The van der Waals surface area contributed by atoms with Gasteiger partial charge < -0.3 is 5.11 Å². The summed E-state index contributed by atoms with van der Waals surface area (Å²) >= 11 is 0. The van der Waals surface area contributed by atoms with Crippen LogP contribution in [-0.4, -0.2) is 31.3 Å². The van der Waals surface area contributed by atoms with Gasteiger partial charge in [0.15, 0.2) is 0 Å². The van der Waals surface area contributed by atoms with Gasteiger partial charge in [-0.1, -0.05) is 36.1 Å². The summed E-state index contributed by atoms with van der Waals surface area (Å²) in [6.45, 7) is 0.649. The highest BCUT2D eigenvalue weighted by Gasteiger charge is 2.26. The number of hydrogen-bond donors (Lipinski definition) is 1. The van der Waals surface area contributed by atoms with Gasteiger partial charge in [0.05, 0.1) is 12.5 Å². The molecule has 0 amide bonds. The first-order chi connectivity index (χ1) is 15.1. The Morgan fingerprint density at radius 1 is 1.13 bits per heavy atom. The van der Waals surface area contributed by atoms with Gasteiger partial charge in [-0.25, -0.2) is 4.39 Å². The predicted octanol–water partition coefficient (Wildman–Crippen LogP) is 3.96. The quantitative estimate of drug-likeness (QED) is 0.634. The SMILES string of the molecule is O=C(O)C1CCC(Cn2nnc(-c3cccc(C#CCc4ccc(F)cc4)c3)n2)CC1. The second kappa shape index (κ2) is 9.52. The predicted molar refractivity (Wildman–Crippen MR) is 113 cm³/mol. The fourth-order valence-corrected chi connectivity index (χ4v) is 3.85. The van der Waals surface area contributed by atoms with Crippen molar-refractivity contribution >= 4 is 5.97 Å². The smallest absolute Gasteiger partial charge is 0.306 e. The number of carbonyl (C=O) groups is 1. The molecule has 2 aromatic carbocycles. The summed E-state index contributed by atoms with van der Waals surface area (Å²) in [7, 11) is 0. The zero-order valence-electron chi connectivity index (χ0n) is 17.0. The third-order valence-corrected chi connectivity index (χ3v) is 5.63. The first-order valence-electron chi connectivity index (χ1n) is 10.4. The fraction of sp³-hybridized carbons (Fsp3) is 0.333. The number of carboxylic acids is 1. The number of aromatic nitrogens is 4. The highest BCUT2D eigenvalue weighted by atomic mass is 19.1. The van der Waals surface area contributed by atoms with E-state index >= 15 is 0 Å². The van der Waals surface area contributed by atoms with E-state index in [9.17, 15) is 9.18 Å². The Bertz CT molecular complexity index is 1110. The van der Waals surface area contributed by atoms with Crippen molar-refractivity contribution in [2.45, 2.75) is 38.6 Å². The number of hydrogen-bond acceptors (Lipinski definition) is 4. The van der Waals surface area contributed by atoms with Crippen LogP contribution >= 0.6 is 0 Å². The van der Waals surface area contributed by atoms with Gasteiger partial charge in [-0.05, 0) is 66.6 Å². The number of halogens is 1. The first kappa shape index (κ1) is 20.7. The van der Waals surface area contributed by atoms with Gasteiger partial charge in [0.1, 0.15) is 5.82 Å². The lowest BCUT2D eigenvalue weighted by molar-refractivity contribution is -0.143. The summed E-state index contributed by atoms with van der Waals surface area (Å²) < 4.78 is 13.0. The molecule has 1 N–H and O–H groups in total. The largest absolute Gasteiger partial charge is 0.481 e. The van der Waals surface area contributed by atoms with Crippen molar-refractivity contribution in [3.63, 3.8) is 0 Å². The van der Waals surface area contributed by atoms with Crippen molar-refractivity contribution in [1.29, 1.82) is 0 Å². The number of rotatable bonds is 5. The van der Waals surface area contributed by atoms with Crippen LogP contribution in [0.3, 0.4) is 0 Å². The van der Waals surface area contributed by atoms with E-state index in [2.05, 4.69) is 27.3 Å². The zero-order valence-corrected chi connectivity index (χ0v) is 17.0. The second-order valence-corrected chi connectivity index (χ2v) is 7.91. The lowest BCUT2D eigenvalue weighted by atomic mass is 9.82. The van der Waals surface area contributed by atoms with Crippen LogP contribution in [0.1, 0.15) is 36.8 Å². The molecule has 4 rings (SSSR count). The third-order valence-electron chi connectivity index (χ3n) is 5.63. The van der Waals surface area contributed by atoms with Crippen molar-refractivity contribution in [2.24, 2.45) is 11.8 Å². The first-order valence-corrected chi connectivity index (χ1v) is 10.4. The summed E-state index contributed by atoms with van der Waals surface area (Å²) in [4.78, 5) is 12.7. The molecule has 6 nitrogen and oxygen atoms in total. The summed E-state index contributed by atoms with van der Waals surface area (Å²) in [6.07, 6.45) is 3.70. The molecule has 0 bridgehead atoms. The Kier molecular flexibility index (Phi) is 6.37. The van der Waals surface area contributed by atoms with Crippen LogP contribution in [0, 0.1) is 29.5 Å². The van der Waals surface area contributed by atoms with Crippen LogP contribution in [0.2, 0.25) is 0 Å². The molecule has 1 saturated carbocycles. The fourth-order valence-electron chi connectivity index (χ4n) is 3.85. The Hall–Kier alpha value is -3.53. The van der Waals surface area contributed by atoms with E-state index < -0.39 is 5.97 Å². The summed E-state index contributed by atoms with van der Waals surface area (Å²) in [5, 5.41) is 22.0. The molecule has 158 valence electrons. The van der Waals surface area contributed by atoms with Crippen LogP contribution in [0.4, 0.5) is 4.39 Å². The van der Waals surface area contributed by atoms with Crippen LogP contribution in [0.5, 0.6) is 0 Å². The highest BCUT2D eigenvalue weighted by molar-refractivity contribution is 5.70. The van der Waals surface area contributed by atoms with Gasteiger partial charge >= 0.3 is 5.97 Å². The molecule has 31 heavy (non-hydrogen) atoms. The topological polar surface area (TPSA) is 80.9 Å². The molecule has 3 aromatic rings. The van der Waals surface area contributed by atoms with Crippen LogP contribution in [0.25, 0.3) is 11.4 Å². The van der Waals surface area contributed by atoms with Crippen molar-refractivity contribution in [1.82, 2.24) is 20.2 Å². The molecule has 1 aliphatic rings. The van der Waals surface area contributed by atoms with E-state index in [1.54, 1.807) is 16.9 Å². The Morgan fingerprint density at radius 2 is 1.90 bits per heavy atom. The maximum atomic E-state index is 13.0. The van der Waals surface area contributed by atoms with Gasteiger partial charge in [0.2, 0.25) is 5.82 Å². The van der Waals surface area contributed by atoms with Gasteiger partial charge in [-0.3, -0.25) is 4.79 Å². The summed E-state index contributed by atoms with van der Waals surface area (Å²) in [5.74, 6) is 5.99. The average molecular weight is 418 g/mol. The van der Waals surface area contributed by atoms with Gasteiger partial charge in [0, 0.05) is 17.5 Å². The van der Waals surface area contributed by atoms with Crippen molar-refractivity contribution in [3.05, 3.63) is 65.5 Å². The van der Waals surface area contributed by atoms with E-state index in [0.29, 0.717) is 37.5 Å². The number of aliphatic carboxylic acids is 1. The molecule has 1 fully saturated rings. The maximum absolute atomic E-state index is 13.0. The molecule has 1 aliphatic carbocycles. The van der Waals surface area contributed by atoms with Gasteiger partial charge in [-0.15, -0.1) is 10.2 Å². The summed E-state index contributed by atoms with van der Waals surface area (Å²) in [6, 6.07) is 14.0. The van der Waals surface area contributed by atoms with Gasteiger partial charge in [-0.2, -0.15) is 4.80 Å². The van der Waals surface area contributed by atoms with Crippen molar-refractivity contribution in [2.75, 3.05) is 0 Å². The average Bonchev–Trinajstić information content (AvgIpc) is 3.24. The highest BCUT2D eigenvalue weighted by Crippen LogP contribution is 2.29. The number of carboxylic acid groups (broad SMARTS) is 1. The van der Waals surface area contributed by atoms with E-state index in [1.165, 1.54) is 12.1 Å². The molecule has 1 heterocycles. The van der Waals surface area contributed by atoms with Crippen molar-refractivity contribution < 1.29 is 14.3 Å². The molecule has 0 radical (unpaired) electrons. The third kappa shape index (κ3) is 5.54. The lowest BCUT2D eigenvalue weighted by Gasteiger charge is -2.25. The lowest BCUT2D eigenvalue weighted by Crippen LogP contribution is -2.24. The number of benzene rings is 2. The Labute approximate surface area is 180 Å². The maximum Gasteiger partial charge on any atom is 0.306 e. The van der Waals surface area contributed by atoms with E-state index in [1.807, 2.05) is 24.3 Å². The van der Waals surface area contributed by atoms with E-state index in [0.717, 1.165) is 29.5 Å². The molecular formula is C24H23FN4O2. The molecular weight excluding hydrogens is 395 g/mol. The minimum absolute atomic E-state index is 0.220. The molecule has 0 spiro atoms. The molecule has 0 aliphatic heterocycles. The van der Waals surface area contributed by atoms with Gasteiger partial charge in [0.25, 0.3) is 0 Å². The normalized spacial score (nSPS) is 18.2. The molecule has 7 heteroatoms. The van der Waals surface area contributed by atoms with Crippen molar-refractivity contribution in [3.8, 4) is 23.2 Å². The Morgan fingerprint density at radius 3 is 2.65 bits per heavy atom. The molecule has 0 unspecified atom stereocenters. The van der Waals surface area contributed by atoms with E-state index in [-0.39, 0.29) is 11.7 Å².